The standard InChI is InChI=1S/C20H39N4O9P3/c25-34(26,27)14-2-7-22-10-12-23(8-3-15-35(28,29)30)17-19-5-1-6-20(21-19)18-24(13-11-22)9-4-16-36(31,32)33/h1,5-6H,2-4,7-18H2,(H2,25,26,27)(H2,28,29,30)(H2,31,32,33). The van der Waals surface area contributed by atoms with Crippen LogP contribution >= 0.6 is 22.8 Å². The highest BCUT2D eigenvalue weighted by atomic mass is 31.2. The van der Waals surface area contributed by atoms with Crippen molar-refractivity contribution in [3.05, 3.63) is 29.6 Å². The molecule has 36 heavy (non-hydrogen) atoms. The Morgan fingerprint density at radius 3 is 1.31 bits per heavy atom. The fourth-order valence-corrected chi connectivity index (χ4v) is 5.77. The van der Waals surface area contributed by atoms with Crippen molar-refractivity contribution in [2.45, 2.75) is 32.4 Å². The lowest BCUT2D eigenvalue weighted by Gasteiger charge is -2.31. The fourth-order valence-electron chi connectivity index (χ4n) is 4.11. The van der Waals surface area contributed by atoms with Crippen molar-refractivity contribution in [3.8, 4) is 0 Å². The molecule has 2 bridgehead atoms. The highest BCUT2D eigenvalue weighted by Crippen LogP contribution is 2.36. The summed E-state index contributed by atoms with van der Waals surface area (Å²) in [6, 6.07) is 5.68. The van der Waals surface area contributed by atoms with Crippen LogP contribution in [0.15, 0.2) is 18.2 Å². The van der Waals surface area contributed by atoms with E-state index in [4.69, 9.17) is 4.98 Å². The molecule has 0 saturated carbocycles. The van der Waals surface area contributed by atoms with E-state index in [1.165, 1.54) is 0 Å². The number of hydrogen-bond acceptors (Lipinski definition) is 7. The van der Waals surface area contributed by atoms with E-state index in [0.29, 0.717) is 78.2 Å². The Morgan fingerprint density at radius 2 is 0.944 bits per heavy atom. The van der Waals surface area contributed by atoms with E-state index >= 15 is 0 Å². The highest BCUT2D eigenvalue weighted by Gasteiger charge is 2.20. The molecule has 208 valence electrons. The predicted octanol–water partition coefficient (Wildman–Crippen LogP) is 0.705. The van der Waals surface area contributed by atoms with Crippen LogP contribution < -0.4 is 0 Å². The van der Waals surface area contributed by atoms with E-state index in [2.05, 4.69) is 14.7 Å². The summed E-state index contributed by atoms with van der Waals surface area (Å²) in [4.78, 5) is 66.3. The van der Waals surface area contributed by atoms with Crippen LogP contribution in [0.4, 0.5) is 0 Å². The van der Waals surface area contributed by atoms with Gasteiger partial charge in [0.15, 0.2) is 0 Å². The van der Waals surface area contributed by atoms with Crippen molar-refractivity contribution in [3.63, 3.8) is 0 Å². The third kappa shape index (κ3) is 15.0. The first-order valence-electron chi connectivity index (χ1n) is 11.9. The monoisotopic (exact) mass is 572 g/mol. The Balaban J connectivity index is 2.15. The average Bonchev–Trinajstić information content (AvgIpc) is 2.71. The zero-order chi connectivity index (χ0) is 26.8. The number of aromatic nitrogens is 1. The molecule has 2 rings (SSSR count). The molecule has 6 N–H and O–H groups in total. The Morgan fingerprint density at radius 1 is 0.611 bits per heavy atom. The molecule has 0 radical (unpaired) electrons. The average molecular weight is 572 g/mol. The zero-order valence-electron chi connectivity index (χ0n) is 20.4. The smallest absolute Gasteiger partial charge is 0.324 e. The molecule has 0 aromatic carbocycles. The molecular weight excluding hydrogens is 533 g/mol. The first-order valence-corrected chi connectivity index (χ1v) is 17.3. The van der Waals surface area contributed by atoms with Gasteiger partial charge in [0.05, 0.1) is 29.9 Å². The second-order valence-electron chi connectivity index (χ2n) is 9.24. The minimum atomic E-state index is -4.11. The summed E-state index contributed by atoms with van der Waals surface area (Å²) in [7, 11) is -12.3. The maximum Gasteiger partial charge on any atom is 0.325 e. The summed E-state index contributed by atoms with van der Waals surface area (Å²) >= 11 is 0. The molecule has 0 saturated heterocycles. The minimum absolute atomic E-state index is 0.202. The van der Waals surface area contributed by atoms with Gasteiger partial charge in [0.1, 0.15) is 0 Å². The Kier molecular flexibility index (Phi) is 12.8. The van der Waals surface area contributed by atoms with Crippen LogP contribution in [0.2, 0.25) is 0 Å². The highest BCUT2D eigenvalue weighted by molar-refractivity contribution is 7.52. The molecule has 0 amide bonds. The normalized spacial score (nSPS) is 18.1. The van der Waals surface area contributed by atoms with E-state index in [-0.39, 0.29) is 18.5 Å². The second-order valence-corrected chi connectivity index (χ2v) is 14.6. The fraction of sp³-hybridized carbons (Fsp3) is 0.750. The van der Waals surface area contributed by atoms with Gasteiger partial charge in [0.25, 0.3) is 0 Å². The first-order chi connectivity index (χ1) is 16.7. The van der Waals surface area contributed by atoms with Crippen molar-refractivity contribution in [2.75, 3.05) is 64.3 Å². The molecule has 0 unspecified atom stereocenters. The van der Waals surface area contributed by atoms with Gasteiger partial charge >= 0.3 is 22.8 Å². The van der Waals surface area contributed by atoms with E-state index in [0.717, 1.165) is 11.4 Å². The van der Waals surface area contributed by atoms with Crippen LogP contribution in [0.1, 0.15) is 30.7 Å². The van der Waals surface area contributed by atoms with Crippen LogP contribution in [-0.4, -0.2) is 113 Å². The van der Waals surface area contributed by atoms with Gasteiger partial charge in [-0.25, -0.2) is 0 Å². The molecule has 0 atom stereocenters. The van der Waals surface area contributed by atoms with Gasteiger partial charge in [-0.05, 0) is 51.0 Å². The van der Waals surface area contributed by atoms with Gasteiger partial charge in [-0.2, -0.15) is 0 Å². The predicted molar refractivity (Wildman–Crippen MR) is 136 cm³/mol. The maximum atomic E-state index is 11.3. The number of hydrogen-bond donors (Lipinski definition) is 6. The summed E-state index contributed by atoms with van der Waals surface area (Å²) in [5.74, 6) is 0. The van der Waals surface area contributed by atoms with Crippen LogP contribution in [-0.2, 0) is 26.8 Å². The van der Waals surface area contributed by atoms with Crippen molar-refractivity contribution in [2.24, 2.45) is 0 Å². The molecule has 2 heterocycles. The third-order valence-corrected chi connectivity index (χ3v) is 8.57. The molecular formula is C20H39N4O9P3. The molecule has 1 aromatic heterocycles. The molecule has 0 fully saturated rings. The van der Waals surface area contributed by atoms with Gasteiger partial charge in [-0.1, -0.05) is 6.07 Å². The van der Waals surface area contributed by atoms with Gasteiger partial charge < -0.3 is 34.3 Å². The summed E-state index contributed by atoms with van der Waals surface area (Å²) in [5, 5.41) is 0. The van der Waals surface area contributed by atoms with Gasteiger partial charge in [0, 0.05) is 39.3 Å². The number of nitrogens with zero attached hydrogens (tertiary/aromatic N) is 4. The molecule has 1 aliphatic heterocycles. The lowest BCUT2D eigenvalue weighted by Crippen LogP contribution is -2.41. The van der Waals surface area contributed by atoms with Crippen LogP contribution in [0.3, 0.4) is 0 Å². The van der Waals surface area contributed by atoms with E-state index in [1.54, 1.807) is 0 Å². The third-order valence-electron chi connectivity index (χ3n) is 5.87. The van der Waals surface area contributed by atoms with Crippen molar-refractivity contribution in [1.29, 1.82) is 0 Å². The molecule has 1 aliphatic rings. The summed E-state index contributed by atoms with van der Waals surface area (Å²) in [5.41, 5.74) is 1.62. The lowest BCUT2D eigenvalue weighted by atomic mass is 10.2. The van der Waals surface area contributed by atoms with E-state index in [1.807, 2.05) is 18.2 Å². The maximum absolute atomic E-state index is 11.3. The quantitative estimate of drug-likeness (QED) is 0.192. The Hall–Kier alpha value is -0.520. The topological polar surface area (TPSA) is 195 Å². The molecule has 0 spiro atoms. The van der Waals surface area contributed by atoms with Crippen LogP contribution in [0.5, 0.6) is 0 Å². The van der Waals surface area contributed by atoms with Crippen LogP contribution in [0.25, 0.3) is 0 Å². The second kappa shape index (κ2) is 14.6. The molecule has 0 aliphatic carbocycles. The van der Waals surface area contributed by atoms with Gasteiger partial charge in [-0.3, -0.25) is 28.5 Å². The van der Waals surface area contributed by atoms with Crippen molar-refractivity contribution in [1.82, 2.24) is 19.7 Å². The number of fused-ring (bicyclic) bond motifs is 2. The van der Waals surface area contributed by atoms with Gasteiger partial charge in [0.2, 0.25) is 0 Å². The Labute approximate surface area is 212 Å². The summed E-state index contributed by atoms with van der Waals surface area (Å²) < 4.78 is 33.9. The first kappa shape index (κ1) is 31.7. The summed E-state index contributed by atoms with van der Waals surface area (Å²) in [6.07, 6.45) is 0.363. The van der Waals surface area contributed by atoms with Crippen LogP contribution in [0, 0.1) is 0 Å². The van der Waals surface area contributed by atoms with Crippen molar-refractivity contribution >= 4 is 22.8 Å². The Bertz CT molecular complexity index is 895. The molecule has 16 heteroatoms. The lowest BCUT2D eigenvalue weighted by molar-refractivity contribution is 0.164. The molecule has 13 nitrogen and oxygen atoms in total. The number of pyridine rings is 1. The number of rotatable bonds is 12. The minimum Gasteiger partial charge on any atom is -0.324 e. The summed E-state index contributed by atoms with van der Waals surface area (Å²) in [6.45, 7) is 4.75. The zero-order valence-corrected chi connectivity index (χ0v) is 23.1. The van der Waals surface area contributed by atoms with E-state index < -0.39 is 22.8 Å². The largest absolute Gasteiger partial charge is 0.325 e. The molecule has 1 aromatic rings. The SMILES string of the molecule is O=P(O)(O)CCCN1CCN(CCCP(=O)(O)O)Cc2cccc(n2)CN(CCCP(=O)(O)O)CC1. The van der Waals surface area contributed by atoms with Crippen molar-refractivity contribution < 1.29 is 43.1 Å². The van der Waals surface area contributed by atoms with Gasteiger partial charge in [-0.15, -0.1) is 0 Å². The van der Waals surface area contributed by atoms with E-state index in [9.17, 15) is 43.1 Å².